The van der Waals surface area contributed by atoms with E-state index < -0.39 is 35.0 Å². The second kappa shape index (κ2) is 13.9. The van der Waals surface area contributed by atoms with Gasteiger partial charge in [-0.15, -0.1) is 0 Å². The number of aryl methyl sites for hydroxylation is 3. The summed E-state index contributed by atoms with van der Waals surface area (Å²) in [5.74, 6) is -0.655. The van der Waals surface area contributed by atoms with E-state index in [-0.39, 0.29) is 56.8 Å². The van der Waals surface area contributed by atoms with Gasteiger partial charge in [-0.3, -0.25) is 4.68 Å². The van der Waals surface area contributed by atoms with Crippen molar-refractivity contribution in [2.75, 3.05) is 0 Å². The number of nitrogens with zero attached hydrogens (tertiary/aromatic N) is 7. The van der Waals surface area contributed by atoms with Gasteiger partial charge in [0.25, 0.3) is 0 Å². The van der Waals surface area contributed by atoms with Crippen molar-refractivity contribution in [3.05, 3.63) is 113 Å². The van der Waals surface area contributed by atoms with Crippen LogP contribution in [0, 0.1) is 13.8 Å². The summed E-state index contributed by atoms with van der Waals surface area (Å²) in [7, 11) is 0. The lowest BCUT2D eigenvalue weighted by molar-refractivity contribution is -0.142. The minimum atomic E-state index is -4.75. The number of fused-ring (bicyclic) bond motifs is 2. The smallest absolute Gasteiger partial charge is 0.401 e. The second-order valence-corrected chi connectivity index (χ2v) is 12.5. The third kappa shape index (κ3) is 7.49. The van der Waals surface area contributed by atoms with Gasteiger partial charge in [-0.2, -0.15) is 36.5 Å². The van der Waals surface area contributed by atoms with Crippen LogP contribution >= 0.6 is 34.8 Å². The molecule has 7 rings (SSSR count). The molecule has 0 fully saturated rings. The lowest BCUT2D eigenvalue weighted by Crippen LogP contribution is -2.09. The first-order valence-corrected chi connectivity index (χ1v) is 16.1. The second-order valence-electron chi connectivity index (χ2n) is 11.2. The quantitative estimate of drug-likeness (QED) is 0.160. The van der Waals surface area contributed by atoms with Crippen LogP contribution in [0.4, 0.5) is 26.3 Å². The first kappa shape index (κ1) is 37.5. The third-order valence-corrected chi connectivity index (χ3v) is 8.25. The summed E-state index contributed by atoms with van der Waals surface area (Å²) in [6.45, 7) is 5.15. The zero-order valence-electron chi connectivity index (χ0n) is 27.1. The Morgan fingerprint density at radius 2 is 1.21 bits per heavy atom. The molecule has 0 N–H and O–H groups in total. The lowest BCUT2D eigenvalue weighted by Gasteiger charge is -2.08. The third-order valence-electron chi connectivity index (χ3n) is 7.52. The molecule has 0 aliphatic heterocycles. The van der Waals surface area contributed by atoms with Crippen LogP contribution in [0.5, 0.6) is 0 Å². The maximum Gasteiger partial charge on any atom is 0.435 e. The number of aromatic nitrogens is 7. The molecule has 0 saturated carbocycles. The maximum atomic E-state index is 13.3. The Morgan fingerprint density at radius 3 is 1.70 bits per heavy atom. The van der Waals surface area contributed by atoms with Crippen molar-refractivity contribution >= 4 is 56.6 Å². The van der Waals surface area contributed by atoms with Crippen LogP contribution in [-0.2, 0) is 18.9 Å². The Balaban J connectivity index is 0.000000185. The SMILES string of the molecule is CCn1nc(C(F)(F)F)cc1-c1nc2c(C)cc(Cl)cc2c(=O)o1.Cc1cc(Cl)cc2c(=O)oc(-c3cc(C(F)(F)F)nn3-c3ncccc3Cl)nc12. The van der Waals surface area contributed by atoms with Gasteiger partial charge in [0.15, 0.2) is 17.2 Å². The van der Waals surface area contributed by atoms with E-state index in [0.29, 0.717) is 32.8 Å². The van der Waals surface area contributed by atoms with E-state index in [2.05, 4.69) is 25.1 Å². The molecule has 0 atom stereocenters. The Bertz CT molecular complexity index is 2670. The molecular weight excluding hydrogens is 779 g/mol. The van der Waals surface area contributed by atoms with Crippen LogP contribution < -0.4 is 11.3 Å². The lowest BCUT2D eigenvalue weighted by atomic mass is 10.1. The molecule has 0 amide bonds. The molecule has 0 aliphatic carbocycles. The molecule has 53 heavy (non-hydrogen) atoms. The average Bonchev–Trinajstić information content (AvgIpc) is 3.72. The summed E-state index contributed by atoms with van der Waals surface area (Å²) < 4.78 is 90.7. The van der Waals surface area contributed by atoms with Gasteiger partial charge in [-0.05, 0) is 68.3 Å². The van der Waals surface area contributed by atoms with Gasteiger partial charge in [-0.1, -0.05) is 34.8 Å². The first-order chi connectivity index (χ1) is 24.8. The van der Waals surface area contributed by atoms with Crippen molar-refractivity contribution in [1.82, 2.24) is 34.5 Å². The van der Waals surface area contributed by atoms with E-state index >= 15 is 0 Å². The molecule has 5 aromatic heterocycles. The molecule has 5 heterocycles. The standard InChI is InChI=1S/C18H9Cl2F3N4O2.C15H11ClF3N3O2/c1-8-5-9(19)6-10-14(8)25-16(29-17(10)28)12-7-13(18(21,22)23)26-27(12)15-11(20)3-2-4-24-15;1-3-22-10(6-11(21-22)15(17,18)19)13-20-12-7(2)4-8(16)5-9(12)14(23)24-13/h2-7H,1H3;4-6H,3H2,1-2H3. The summed E-state index contributed by atoms with van der Waals surface area (Å²) in [5.41, 5.74) is -2.32. The molecule has 2 aromatic carbocycles. The highest BCUT2D eigenvalue weighted by Crippen LogP contribution is 2.35. The average molecular weight is 799 g/mol. The zero-order chi connectivity index (χ0) is 38.6. The molecule has 0 aliphatic rings. The number of halogens is 9. The Morgan fingerprint density at radius 1 is 0.717 bits per heavy atom. The minimum Gasteiger partial charge on any atom is -0.401 e. The summed E-state index contributed by atoms with van der Waals surface area (Å²) in [4.78, 5) is 37.0. The van der Waals surface area contributed by atoms with E-state index in [1.54, 1.807) is 32.9 Å². The van der Waals surface area contributed by atoms with Crippen LogP contribution in [0.3, 0.4) is 0 Å². The predicted octanol–water partition coefficient (Wildman–Crippen LogP) is 9.12. The molecule has 0 radical (unpaired) electrons. The summed E-state index contributed by atoms with van der Waals surface area (Å²) in [6.07, 6.45) is -8.01. The van der Waals surface area contributed by atoms with Crippen LogP contribution in [0.2, 0.25) is 15.1 Å². The summed E-state index contributed by atoms with van der Waals surface area (Å²) in [6, 6.07) is 10.5. The fourth-order valence-corrected chi connectivity index (χ4v) is 5.91. The Hall–Kier alpha value is -5.26. The van der Waals surface area contributed by atoms with Crippen molar-refractivity contribution in [1.29, 1.82) is 0 Å². The van der Waals surface area contributed by atoms with Crippen LogP contribution in [0.25, 0.3) is 50.8 Å². The van der Waals surface area contributed by atoms with Gasteiger partial charge in [-0.25, -0.2) is 29.2 Å². The normalized spacial score (nSPS) is 12.0. The van der Waals surface area contributed by atoms with Crippen molar-refractivity contribution in [3.63, 3.8) is 0 Å². The van der Waals surface area contributed by atoms with Gasteiger partial charge in [0, 0.05) is 34.9 Å². The number of rotatable bonds is 4. The van der Waals surface area contributed by atoms with E-state index in [9.17, 15) is 35.9 Å². The Kier molecular flexibility index (Phi) is 9.87. The molecule has 274 valence electrons. The van der Waals surface area contributed by atoms with Crippen molar-refractivity contribution < 1.29 is 35.2 Å². The van der Waals surface area contributed by atoms with Crippen molar-refractivity contribution in [2.24, 2.45) is 0 Å². The van der Waals surface area contributed by atoms with E-state index in [0.717, 1.165) is 15.4 Å². The number of hydrogen-bond acceptors (Lipinski definition) is 9. The molecule has 0 saturated heterocycles. The van der Waals surface area contributed by atoms with Gasteiger partial charge < -0.3 is 8.83 Å². The fraction of sp³-hybridized carbons (Fsp3) is 0.182. The van der Waals surface area contributed by atoms with E-state index in [1.165, 1.54) is 30.5 Å². The zero-order valence-corrected chi connectivity index (χ0v) is 29.3. The van der Waals surface area contributed by atoms with Gasteiger partial charge in [0.2, 0.25) is 11.8 Å². The van der Waals surface area contributed by atoms with Gasteiger partial charge in [0.1, 0.15) is 11.4 Å². The van der Waals surface area contributed by atoms with E-state index in [4.69, 9.17) is 43.6 Å². The molecular formula is C33H20Cl3F6N7O4. The topological polar surface area (TPSA) is 135 Å². The van der Waals surface area contributed by atoms with Crippen LogP contribution in [-0.4, -0.2) is 34.5 Å². The Labute approximate surface area is 307 Å². The molecule has 11 nitrogen and oxygen atoms in total. The summed E-state index contributed by atoms with van der Waals surface area (Å²) >= 11 is 17.9. The summed E-state index contributed by atoms with van der Waals surface area (Å²) in [5, 5.41) is 8.03. The highest BCUT2D eigenvalue weighted by molar-refractivity contribution is 6.32. The predicted molar refractivity (Wildman–Crippen MR) is 182 cm³/mol. The molecule has 0 spiro atoms. The maximum absolute atomic E-state index is 13.3. The fourth-order valence-electron chi connectivity index (χ4n) is 5.17. The van der Waals surface area contributed by atoms with Crippen LogP contribution in [0.1, 0.15) is 29.4 Å². The molecule has 20 heteroatoms. The highest BCUT2D eigenvalue weighted by atomic mass is 35.5. The molecule has 0 unspecified atom stereocenters. The monoisotopic (exact) mass is 797 g/mol. The number of benzene rings is 2. The van der Waals surface area contributed by atoms with Crippen LogP contribution in [0.15, 0.2) is 73.2 Å². The molecule has 0 bridgehead atoms. The largest absolute Gasteiger partial charge is 0.435 e. The van der Waals surface area contributed by atoms with Crippen molar-refractivity contribution in [2.45, 2.75) is 39.7 Å². The van der Waals surface area contributed by atoms with Crippen molar-refractivity contribution in [3.8, 4) is 29.0 Å². The number of alkyl halides is 6. The minimum absolute atomic E-state index is 0.0156. The van der Waals surface area contributed by atoms with Gasteiger partial charge >= 0.3 is 23.6 Å². The highest BCUT2D eigenvalue weighted by Gasteiger charge is 2.37. The number of hydrogen-bond donors (Lipinski definition) is 0. The first-order valence-electron chi connectivity index (χ1n) is 15.0. The van der Waals surface area contributed by atoms with Gasteiger partial charge in [0.05, 0.1) is 26.8 Å². The number of pyridine rings is 1. The van der Waals surface area contributed by atoms with E-state index in [1.807, 2.05) is 0 Å². The molecule has 7 aromatic rings.